The van der Waals surface area contributed by atoms with Crippen LogP contribution in [0.15, 0.2) is 54.7 Å². The predicted molar refractivity (Wildman–Crippen MR) is 107 cm³/mol. The highest BCUT2D eigenvalue weighted by Gasteiger charge is 2.39. The highest BCUT2D eigenvalue weighted by Crippen LogP contribution is 2.17. The number of benzene rings is 1. The SMILES string of the molecule is O=C(C[C@H]1NC(=O)N(Cc2ccccc2)C1=O)N1CCN(c2ccccn2)CC1. The lowest BCUT2D eigenvalue weighted by molar-refractivity contribution is -0.136. The number of aromatic nitrogens is 1. The zero-order valence-electron chi connectivity index (χ0n) is 16.0. The molecule has 0 unspecified atom stereocenters. The Labute approximate surface area is 169 Å². The Morgan fingerprint density at radius 2 is 1.72 bits per heavy atom. The number of hydrogen-bond acceptors (Lipinski definition) is 5. The molecule has 2 aliphatic heterocycles. The highest BCUT2D eigenvalue weighted by atomic mass is 16.2. The van der Waals surface area contributed by atoms with Crippen molar-refractivity contribution in [2.24, 2.45) is 0 Å². The molecule has 2 aliphatic rings. The van der Waals surface area contributed by atoms with Gasteiger partial charge in [0.25, 0.3) is 5.91 Å². The van der Waals surface area contributed by atoms with E-state index >= 15 is 0 Å². The number of rotatable bonds is 5. The average molecular weight is 393 g/mol. The van der Waals surface area contributed by atoms with Gasteiger partial charge in [-0.1, -0.05) is 36.4 Å². The Morgan fingerprint density at radius 3 is 2.41 bits per heavy atom. The van der Waals surface area contributed by atoms with Crippen LogP contribution < -0.4 is 10.2 Å². The average Bonchev–Trinajstić information content (AvgIpc) is 3.02. The molecule has 8 nitrogen and oxygen atoms in total. The second-order valence-electron chi connectivity index (χ2n) is 7.17. The van der Waals surface area contributed by atoms with Crippen molar-refractivity contribution >= 4 is 23.7 Å². The summed E-state index contributed by atoms with van der Waals surface area (Å²) in [6.07, 6.45) is 1.74. The molecule has 2 saturated heterocycles. The molecule has 0 bridgehead atoms. The van der Waals surface area contributed by atoms with Gasteiger partial charge in [0.15, 0.2) is 0 Å². The van der Waals surface area contributed by atoms with Crippen LogP contribution in [0.5, 0.6) is 0 Å². The zero-order valence-corrected chi connectivity index (χ0v) is 16.0. The van der Waals surface area contributed by atoms with E-state index in [1.54, 1.807) is 11.1 Å². The van der Waals surface area contributed by atoms with E-state index in [9.17, 15) is 14.4 Å². The molecule has 4 amide bonds. The lowest BCUT2D eigenvalue weighted by atomic mass is 10.1. The summed E-state index contributed by atoms with van der Waals surface area (Å²) in [6.45, 7) is 2.72. The minimum absolute atomic E-state index is 0.0144. The molecule has 1 N–H and O–H groups in total. The summed E-state index contributed by atoms with van der Waals surface area (Å²) in [5.41, 5.74) is 0.869. The minimum Gasteiger partial charge on any atom is -0.353 e. The number of carbonyl (C=O) groups is 3. The maximum atomic E-state index is 12.7. The molecule has 1 aromatic carbocycles. The summed E-state index contributed by atoms with van der Waals surface area (Å²) in [7, 11) is 0. The largest absolute Gasteiger partial charge is 0.353 e. The molecular formula is C21H23N5O3. The van der Waals surface area contributed by atoms with E-state index in [0.29, 0.717) is 26.2 Å². The van der Waals surface area contributed by atoms with Crippen molar-refractivity contribution in [1.29, 1.82) is 0 Å². The van der Waals surface area contributed by atoms with E-state index in [1.807, 2.05) is 48.5 Å². The molecular weight excluding hydrogens is 370 g/mol. The molecule has 0 aliphatic carbocycles. The molecule has 0 saturated carbocycles. The number of nitrogens with one attached hydrogen (secondary N) is 1. The Morgan fingerprint density at radius 1 is 1.00 bits per heavy atom. The quantitative estimate of drug-likeness (QED) is 0.773. The van der Waals surface area contributed by atoms with Crippen molar-refractivity contribution in [3.05, 3.63) is 60.3 Å². The van der Waals surface area contributed by atoms with Crippen LogP contribution in [0.25, 0.3) is 0 Å². The fourth-order valence-corrected chi connectivity index (χ4v) is 3.66. The lowest BCUT2D eigenvalue weighted by Gasteiger charge is -2.35. The number of piperazine rings is 1. The normalized spacial score (nSPS) is 19.4. The molecule has 3 heterocycles. The van der Waals surface area contributed by atoms with Crippen LogP contribution in [0.3, 0.4) is 0 Å². The first-order chi connectivity index (χ1) is 14.1. The van der Waals surface area contributed by atoms with Crippen LogP contribution in [0.2, 0.25) is 0 Å². The van der Waals surface area contributed by atoms with E-state index in [2.05, 4.69) is 15.2 Å². The number of pyridine rings is 1. The van der Waals surface area contributed by atoms with Crippen LogP contribution in [-0.2, 0) is 16.1 Å². The molecule has 1 atom stereocenters. The highest BCUT2D eigenvalue weighted by molar-refractivity contribution is 6.05. The van der Waals surface area contributed by atoms with Crippen molar-refractivity contribution in [2.45, 2.75) is 19.0 Å². The van der Waals surface area contributed by atoms with Crippen LogP contribution in [-0.4, -0.2) is 64.9 Å². The number of hydrogen-bond donors (Lipinski definition) is 1. The first kappa shape index (κ1) is 18.9. The summed E-state index contributed by atoms with van der Waals surface area (Å²) in [4.78, 5) is 46.9. The predicted octanol–water partition coefficient (Wildman–Crippen LogP) is 1.24. The minimum atomic E-state index is -0.799. The Bertz CT molecular complexity index is 882. The van der Waals surface area contributed by atoms with E-state index in [-0.39, 0.29) is 24.8 Å². The van der Waals surface area contributed by atoms with Gasteiger partial charge >= 0.3 is 6.03 Å². The standard InChI is InChI=1S/C21H23N5O3/c27-19(25-12-10-24(11-13-25)18-8-4-5-9-22-18)14-17-20(28)26(21(29)23-17)15-16-6-2-1-3-7-16/h1-9,17H,10-15H2,(H,23,29)/t17-/m1/s1. The molecule has 29 heavy (non-hydrogen) atoms. The third-order valence-corrected chi connectivity index (χ3v) is 5.27. The van der Waals surface area contributed by atoms with Crippen molar-refractivity contribution < 1.29 is 14.4 Å². The van der Waals surface area contributed by atoms with Gasteiger partial charge in [-0.2, -0.15) is 0 Å². The van der Waals surface area contributed by atoms with Crippen molar-refractivity contribution in [3.63, 3.8) is 0 Å². The lowest BCUT2D eigenvalue weighted by Crippen LogP contribution is -2.50. The van der Waals surface area contributed by atoms with E-state index in [4.69, 9.17) is 0 Å². The Hall–Kier alpha value is -3.42. The first-order valence-electron chi connectivity index (χ1n) is 9.71. The summed E-state index contributed by atoms with van der Waals surface area (Å²) in [6, 6.07) is 13.8. The summed E-state index contributed by atoms with van der Waals surface area (Å²) >= 11 is 0. The molecule has 2 aromatic rings. The second-order valence-corrected chi connectivity index (χ2v) is 7.17. The van der Waals surface area contributed by atoms with Crippen LogP contribution >= 0.6 is 0 Å². The van der Waals surface area contributed by atoms with Crippen molar-refractivity contribution in [3.8, 4) is 0 Å². The van der Waals surface area contributed by atoms with Gasteiger partial charge in [0.1, 0.15) is 11.9 Å². The Kier molecular flexibility index (Phi) is 5.41. The number of imide groups is 1. The number of anilines is 1. The van der Waals surface area contributed by atoms with Gasteiger partial charge in [-0.3, -0.25) is 14.5 Å². The van der Waals surface area contributed by atoms with Crippen LogP contribution in [0.1, 0.15) is 12.0 Å². The molecule has 4 rings (SSSR count). The van der Waals surface area contributed by atoms with Crippen molar-refractivity contribution in [1.82, 2.24) is 20.1 Å². The molecule has 0 spiro atoms. The van der Waals surface area contributed by atoms with E-state index < -0.39 is 12.1 Å². The second kappa shape index (κ2) is 8.30. The van der Waals surface area contributed by atoms with Gasteiger partial charge in [0.2, 0.25) is 5.91 Å². The number of urea groups is 1. The molecule has 1 aromatic heterocycles. The van der Waals surface area contributed by atoms with Gasteiger partial charge in [0.05, 0.1) is 13.0 Å². The van der Waals surface area contributed by atoms with E-state index in [1.165, 1.54) is 4.90 Å². The van der Waals surface area contributed by atoms with Gasteiger partial charge in [-0.05, 0) is 17.7 Å². The number of nitrogens with zero attached hydrogens (tertiary/aromatic N) is 4. The van der Waals surface area contributed by atoms with Crippen molar-refractivity contribution in [2.75, 3.05) is 31.1 Å². The summed E-state index contributed by atoms with van der Waals surface area (Å²) in [5, 5.41) is 2.65. The maximum Gasteiger partial charge on any atom is 0.325 e. The monoisotopic (exact) mass is 393 g/mol. The summed E-state index contributed by atoms with van der Waals surface area (Å²) < 4.78 is 0. The first-order valence-corrected chi connectivity index (χ1v) is 9.71. The van der Waals surface area contributed by atoms with E-state index in [0.717, 1.165) is 11.4 Å². The fraction of sp³-hybridized carbons (Fsp3) is 0.333. The third kappa shape index (κ3) is 4.21. The topological polar surface area (TPSA) is 85.8 Å². The van der Waals surface area contributed by atoms with Crippen LogP contribution in [0, 0.1) is 0 Å². The van der Waals surface area contributed by atoms with Gasteiger partial charge in [-0.15, -0.1) is 0 Å². The molecule has 150 valence electrons. The third-order valence-electron chi connectivity index (χ3n) is 5.27. The van der Waals surface area contributed by atoms with Gasteiger partial charge < -0.3 is 15.1 Å². The maximum absolute atomic E-state index is 12.7. The molecule has 8 heteroatoms. The van der Waals surface area contributed by atoms with Gasteiger partial charge in [0, 0.05) is 32.4 Å². The summed E-state index contributed by atoms with van der Waals surface area (Å²) in [5.74, 6) is 0.430. The number of amides is 4. The van der Waals surface area contributed by atoms with Crippen LogP contribution in [0.4, 0.5) is 10.6 Å². The molecule has 0 radical (unpaired) electrons. The van der Waals surface area contributed by atoms with Gasteiger partial charge in [-0.25, -0.2) is 9.78 Å². The fourth-order valence-electron chi connectivity index (χ4n) is 3.66. The smallest absolute Gasteiger partial charge is 0.325 e. The molecule has 2 fully saturated rings. The zero-order chi connectivity index (χ0) is 20.2. The number of carbonyl (C=O) groups excluding carboxylic acids is 3. The Balaban J connectivity index is 1.31.